The van der Waals surface area contributed by atoms with E-state index in [0.29, 0.717) is 44.6 Å². The Morgan fingerprint density at radius 1 is 1.06 bits per heavy atom. The van der Waals surface area contributed by atoms with Crippen molar-refractivity contribution in [3.05, 3.63) is 40.4 Å². The molecule has 15 nitrogen and oxygen atoms in total. The number of benzene rings is 1. The summed E-state index contributed by atoms with van der Waals surface area (Å²) in [6.07, 6.45) is -4.28. The highest BCUT2D eigenvalue weighted by atomic mass is 35.5. The summed E-state index contributed by atoms with van der Waals surface area (Å²) in [7, 11) is 0. The van der Waals surface area contributed by atoms with Crippen molar-refractivity contribution < 1.29 is 46.8 Å². The smallest absolute Gasteiger partial charge is 0.430 e. The zero-order valence-electron chi connectivity index (χ0n) is 27.6. The molecule has 3 heterocycles. The van der Waals surface area contributed by atoms with Crippen molar-refractivity contribution in [2.75, 3.05) is 24.6 Å². The molecule has 1 aliphatic heterocycles. The summed E-state index contributed by atoms with van der Waals surface area (Å²) in [6.45, 7) is 11.8. The average Bonchev–Trinajstić information content (AvgIpc) is 3.33. The van der Waals surface area contributed by atoms with Crippen molar-refractivity contribution >= 4 is 58.1 Å². The molecule has 19 heteroatoms. The van der Waals surface area contributed by atoms with E-state index in [9.17, 15) is 27.6 Å². The van der Waals surface area contributed by atoms with Gasteiger partial charge in [-0.25, -0.2) is 23.9 Å². The molecule has 3 amide bonds. The number of alkyl halides is 3. The zero-order valence-corrected chi connectivity index (χ0v) is 28.4. The van der Waals surface area contributed by atoms with Gasteiger partial charge in [0.2, 0.25) is 0 Å². The van der Waals surface area contributed by atoms with Gasteiger partial charge in [-0.05, 0) is 59.6 Å². The molecule has 0 spiro atoms. The number of nitrogens with zero attached hydrogens (tertiary/aromatic N) is 5. The molecule has 1 fully saturated rings. The fraction of sp³-hybridized carbons (Fsp3) is 0.500. The number of imidazole rings is 1. The highest BCUT2D eigenvalue weighted by molar-refractivity contribution is 6.31. The summed E-state index contributed by atoms with van der Waals surface area (Å²) in [5.41, 5.74) is 13.0. The molecule has 4 rings (SSSR count). The molecule has 2 aromatic heterocycles. The second-order valence-corrected chi connectivity index (χ2v) is 12.3. The molecule has 1 aliphatic rings. The number of likely N-dealkylation sites (tertiary alicyclic amines) is 1. The molecule has 0 saturated carbocycles. The Morgan fingerprint density at radius 3 is 2.20 bits per heavy atom. The van der Waals surface area contributed by atoms with Crippen LogP contribution in [-0.4, -0.2) is 74.2 Å². The van der Waals surface area contributed by atoms with Gasteiger partial charge in [0.05, 0.1) is 18.7 Å². The van der Waals surface area contributed by atoms with Crippen LogP contribution in [0.15, 0.2) is 18.2 Å². The number of hydrogen-bond acceptors (Lipinski definition) is 10. The van der Waals surface area contributed by atoms with E-state index in [2.05, 4.69) is 25.2 Å². The number of amides is 3. The number of para-hydroxylation sites is 1. The third kappa shape index (κ3) is 9.61. The van der Waals surface area contributed by atoms with Crippen molar-refractivity contribution in [3.63, 3.8) is 0 Å². The van der Waals surface area contributed by atoms with Crippen LogP contribution in [0.3, 0.4) is 0 Å². The number of nitrogen functional groups attached to an aromatic ring is 2. The summed E-state index contributed by atoms with van der Waals surface area (Å²) in [5, 5.41) is 14.7. The van der Waals surface area contributed by atoms with E-state index in [1.807, 2.05) is 51.3 Å². The molecule has 3 aromatic rings. The number of carbonyl (C=O) groups excluding carboxylic acids is 4. The van der Waals surface area contributed by atoms with Gasteiger partial charge in [-0.3, -0.25) is 9.59 Å². The molecule has 0 unspecified atom stereocenters. The number of aromatic nitrogens is 4. The maximum Gasteiger partial charge on any atom is 0.430 e. The minimum atomic E-state index is -5.19. The molecular formula is C30H39ClF3N9O6. The van der Waals surface area contributed by atoms with Gasteiger partial charge < -0.3 is 41.6 Å². The predicted molar refractivity (Wildman–Crippen MR) is 170 cm³/mol. The number of carboxylic acid groups (broad SMARTS) is 1. The lowest BCUT2D eigenvalue weighted by Crippen LogP contribution is -2.48. The van der Waals surface area contributed by atoms with Crippen molar-refractivity contribution in [2.24, 2.45) is 0 Å². The van der Waals surface area contributed by atoms with Crippen molar-refractivity contribution in [2.45, 2.75) is 84.9 Å². The van der Waals surface area contributed by atoms with Crippen LogP contribution in [0.1, 0.15) is 74.1 Å². The number of aryl methyl sites for hydroxylation is 2. The number of hydrogen-bond donors (Lipinski definition) is 4. The highest BCUT2D eigenvalue weighted by Crippen LogP contribution is 2.22. The number of piperidine rings is 1. The van der Waals surface area contributed by atoms with Crippen LogP contribution in [0.25, 0.3) is 11.0 Å². The monoisotopic (exact) mass is 713 g/mol. The van der Waals surface area contributed by atoms with Crippen LogP contribution in [0.5, 0.6) is 0 Å². The van der Waals surface area contributed by atoms with Crippen molar-refractivity contribution in [1.29, 1.82) is 0 Å². The van der Waals surface area contributed by atoms with Gasteiger partial charge in [0.1, 0.15) is 18.1 Å². The molecule has 6 N–H and O–H groups in total. The van der Waals surface area contributed by atoms with Gasteiger partial charge in [-0.1, -0.05) is 17.7 Å². The van der Waals surface area contributed by atoms with Crippen LogP contribution in [0.4, 0.5) is 29.6 Å². The van der Waals surface area contributed by atoms with Crippen LogP contribution in [0.2, 0.25) is 5.15 Å². The van der Waals surface area contributed by atoms with Gasteiger partial charge in [-0.2, -0.15) is 13.2 Å². The number of aliphatic carboxylic acids is 1. The molecule has 268 valence electrons. The summed E-state index contributed by atoms with van der Waals surface area (Å²) in [5.74, 6) is -3.13. The lowest BCUT2D eigenvalue weighted by molar-refractivity contribution is -0.676. The molecule has 0 radical (unpaired) electrons. The van der Waals surface area contributed by atoms with Crippen molar-refractivity contribution in [1.82, 2.24) is 30.1 Å². The van der Waals surface area contributed by atoms with Crippen LogP contribution in [-0.2, 0) is 29.2 Å². The summed E-state index contributed by atoms with van der Waals surface area (Å²) in [6, 6.07) is 5.53. The summed E-state index contributed by atoms with van der Waals surface area (Å²) in [4.78, 5) is 57.3. The van der Waals surface area contributed by atoms with E-state index in [-0.39, 0.29) is 47.1 Å². The first-order chi connectivity index (χ1) is 22.8. The fourth-order valence-electron chi connectivity index (χ4n) is 5.16. The molecule has 0 aliphatic carbocycles. The van der Waals surface area contributed by atoms with Gasteiger partial charge >= 0.3 is 12.3 Å². The Balaban J connectivity index is 0.000000838. The first-order valence-corrected chi connectivity index (χ1v) is 15.6. The minimum absolute atomic E-state index is 0.0555. The fourth-order valence-corrected chi connectivity index (χ4v) is 5.29. The van der Waals surface area contributed by atoms with E-state index in [1.165, 1.54) is 0 Å². The number of halogens is 4. The summed E-state index contributed by atoms with van der Waals surface area (Å²) >= 11 is 5.95. The SMILES string of the molecule is CCn1c(CNC(=O)c2nc(Cl)c(N)nc2N)[n+](CC)c2c(C(=O)NC3CCN(C(=O)OC(C)(C)C)CC3)cccc21.O=C([O-])C(F)(F)F. The van der Waals surface area contributed by atoms with Gasteiger partial charge in [0.15, 0.2) is 33.5 Å². The van der Waals surface area contributed by atoms with E-state index in [0.717, 1.165) is 16.9 Å². The topological polar surface area (TPSA) is 214 Å². The highest BCUT2D eigenvalue weighted by Gasteiger charge is 2.32. The van der Waals surface area contributed by atoms with Gasteiger partial charge in [-0.15, -0.1) is 0 Å². The van der Waals surface area contributed by atoms with E-state index < -0.39 is 23.7 Å². The summed E-state index contributed by atoms with van der Waals surface area (Å²) < 4.78 is 41.1. The molecule has 49 heavy (non-hydrogen) atoms. The maximum absolute atomic E-state index is 13.6. The van der Waals surface area contributed by atoms with E-state index in [1.54, 1.807) is 11.0 Å². The Kier molecular flexibility index (Phi) is 12.3. The Labute approximate surface area is 284 Å². The Hall–Kier alpha value is -4.87. The molecule has 1 saturated heterocycles. The number of carbonyl (C=O) groups is 4. The number of rotatable bonds is 7. The second-order valence-electron chi connectivity index (χ2n) is 11.9. The minimum Gasteiger partial charge on any atom is -0.542 e. The lowest BCUT2D eigenvalue weighted by Gasteiger charge is -2.33. The number of ether oxygens (including phenoxy) is 1. The molecule has 0 atom stereocenters. The van der Waals surface area contributed by atoms with Crippen LogP contribution >= 0.6 is 11.6 Å². The second kappa shape index (κ2) is 15.6. The zero-order chi connectivity index (χ0) is 36.8. The number of anilines is 2. The lowest BCUT2D eigenvalue weighted by atomic mass is 10.0. The number of carboxylic acids is 1. The van der Waals surface area contributed by atoms with Gasteiger partial charge in [0.25, 0.3) is 17.6 Å². The number of fused-ring (bicyclic) bond motifs is 1. The predicted octanol–water partition coefficient (Wildman–Crippen LogP) is 1.93. The number of nitrogens with one attached hydrogen (secondary N) is 2. The third-order valence-corrected chi connectivity index (χ3v) is 7.59. The first kappa shape index (κ1) is 38.6. The van der Waals surface area contributed by atoms with Crippen LogP contribution in [0, 0.1) is 0 Å². The molecule has 1 aromatic carbocycles. The largest absolute Gasteiger partial charge is 0.542 e. The standard InChI is InChI=1S/C28H38ClN9O4.C2HF3O2/c1-6-37-18-10-8-9-17(25(39)33-16-11-13-36(14-12-16)27(41)42-28(3,4)5)21(18)38(7-2)19(37)15-32-26(40)20-23(30)35-24(31)22(29)34-20;3-2(4,5)1(6)7/h8-10,16H,6-7,11-15H2,1-5H3,(H5-,30,31,32,33,35,39,40);(H,6,7). The maximum atomic E-state index is 13.6. The quantitative estimate of drug-likeness (QED) is 0.261. The first-order valence-electron chi connectivity index (χ1n) is 15.3. The molecular weight excluding hydrogens is 675 g/mol. The Morgan fingerprint density at radius 2 is 1.67 bits per heavy atom. The number of nitrogens with two attached hydrogens (primary N) is 2. The normalized spacial score (nSPS) is 13.8. The third-order valence-electron chi connectivity index (χ3n) is 7.32. The van der Waals surface area contributed by atoms with E-state index in [4.69, 9.17) is 37.7 Å². The Bertz CT molecular complexity index is 1720. The van der Waals surface area contributed by atoms with E-state index >= 15 is 0 Å². The van der Waals surface area contributed by atoms with Crippen LogP contribution < -0.4 is 31.8 Å². The molecule has 0 bridgehead atoms. The van der Waals surface area contributed by atoms with Gasteiger partial charge in [0, 0.05) is 19.1 Å². The average molecular weight is 714 g/mol. The van der Waals surface area contributed by atoms with Crippen molar-refractivity contribution in [3.8, 4) is 0 Å².